The van der Waals surface area contributed by atoms with E-state index in [9.17, 15) is 19.1 Å². The number of amides is 1. The number of anilines is 1. The van der Waals surface area contributed by atoms with Gasteiger partial charge in [-0.25, -0.2) is 9.18 Å². The monoisotopic (exact) mass is 345 g/mol. The maximum Gasteiger partial charge on any atom is 0.337 e. The summed E-state index contributed by atoms with van der Waals surface area (Å²) >= 11 is 1.41. The van der Waals surface area contributed by atoms with Crippen molar-refractivity contribution in [3.63, 3.8) is 0 Å². The van der Waals surface area contributed by atoms with E-state index in [-0.39, 0.29) is 28.4 Å². The van der Waals surface area contributed by atoms with Crippen LogP contribution >= 0.6 is 11.8 Å². The summed E-state index contributed by atoms with van der Waals surface area (Å²) in [6.45, 7) is 1.92. The summed E-state index contributed by atoms with van der Waals surface area (Å²) in [5.41, 5.74) is 2.13. The van der Waals surface area contributed by atoms with Crippen LogP contribution in [0.25, 0.3) is 0 Å². The maximum atomic E-state index is 13.2. The Morgan fingerprint density at radius 3 is 2.62 bits per heavy atom. The summed E-state index contributed by atoms with van der Waals surface area (Å²) in [5, 5.41) is 9.17. The van der Waals surface area contributed by atoms with Gasteiger partial charge in [-0.3, -0.25) is 9.69 Å². The predicted molar refractivity (Wildman–Crippen MR) is 91.9 cm³/mol. The maximum absolute atomic E-state index is 13.2. The fraction of sp³-hybridized carbons (Fsp3) is 0.222. The molecule has 0 spiro atoms. The molecule has 1 aliphatic heterocycles. The zero-order chi connectivity index (χ0) is 17.3. The third kappa shape index (κ3) is 2.89. The minimum absolute atomic E-state index is 0.109. The van der Waals surface area contributed by atoms with Crippen LogP contribution in [-0.2, 0) is 11.2 Å². The second-order valence-corrected chi connectivity index (χ2v) is 6.52. The highest BCUT2D eigenvalue weighted by atomic mass is 32.2. The number of halogens is 1. The number of para-hydroxylation sites is 1. The summed E-state index contributed by atoms with van der Waals surface area (Å²) in [6.07, 6.45) is 0.612. The van der Waals surface area contributed by atoms with Gasteiger partial charge in [-0.05, 0) is 35.7 Å². The van der Waals surface area contributed by atoms with E-state index >= 15 is 0 Å². The lowest BCUT2D eigenvalue weighted by molar-refractivity contribution is -0.115. The Labute approximate surface area is 143 Å². The molecule has 0 aliphatic carbocycles. The lowest BCUT2D eigenvalue weighted by Gasteiger charge is -2.27. The molecule has 6 heteroatoms. The average molecular weight is 345 g/mol. The number of carboxylic acids is 1. The largest absolute Gasteiger partial charge is 0.478 e. The van der Waals surface area contributed by atoms with E-state index in [0.717, 1.165) is 11.1 Å². The minimum Gasteiger partial charge on any atom is -0.478 e. The van der Waals surface area contributed by atoms with Crippen molar-refractivity contribution in [1.82, 2.24) is 0 Å². The van der Waals surface area contributed by atoms with Gasteiger partial charge >= 0.3 is 5.97 Å². The smallest absolute Gasteiger partial charge is 0.337 e. The molecule has 1 atom stereocenters. The van der Waals surface area contributed by atoms with Crippen LogP contribution in [0.4, 0.5) is 10.1 Å². The zero-order valence-corrected chi connectivity index (χ0v) is 13.8. The fourth-order valence-electron chi connectivity index (χ4n) is 2.87. The quantitative estimate of drug-likeness (QED) is 0.914. The fourth-order valence-corrected chi connectivity index (χ4v) is 4.03. The van der Waals surface area contributed by atoms with Gasteiger partial charge in [0.2, 0.25) is 5.91 Å². The van der Waals surface area contributed by atoms with E-state index in [2.05, 4.69) is 0 Å². The number of hydrogen-bond donors (Lipinski definition) is 1. The van der Waals surface area contributed by atoms with Crippen molar-refractivity contribution in [3.05, 3.63) is 65.0 Å². The van der Waals surface area contributed by atoms with Gasteiger partial charge in [0, 0.05) is 0 Å². The first-order valence-electron chi connectivity index (χ1n) is 7.57. The molecule has 1 saturated heterocycles. The van der Waals surface area contributed by atoms with Crippen LogP contribution in [0.1, 0.15) is 33.8 Å². The van der Waals surface area contributed by atoms with Crippen molar-refractivity contribution >= 4 is 29.3 Å². The molecule has 0 radical (unpaired) electrons. The van der Waals surface area contributed by atoms with Gasteiger partial charge in [-0.15, -0.1) is 11.8 Å². The molecular weight excluding hydrogens is 329 g/mol. The average Bonchev–Trinajstić information content (AvgIpc) is 2.96. The van der Waals surface area contributed by atoms with Gasteiger partial charge in [0.15, 0.2) is 0 Å². The van der Waals surface area contributed by atoms with Crippen LogP contribution in [0, 0.1) is 5.82 Å². The highest BCUT2D eigenvalue weighted by Crippen LogP contribution is 2.44. The number of rotatable bonds is 4. The molecule has 1 unspecified atom stereocenters. The Balaban J connectivity index is 2.13. The van der Waals surface area contributed by atoms with Crippen LogP contribution in [0.5, 0.6) is 0 Å². The Morgan fingerprint density at radius 1 is 1.29 bits per heavy atom. The van der Waals surface area contributed by atoms with Gasteiger partial charge in [0.1, 0.15) is 11.2 Å². The Morgan fingerprint density at radius 2 is 2.00 bits per heavy atom. The molecule has 0 saturated carbocycles. The van der Waals surface area contributed by atoms with Crippen molar-refractivity contribution in [3.8, 4) is 0 Å². The lowest BCUT2D eigenvalue weighted by atomic mass is 10.0. The summed E-state index contributed by atoms with van der Waals surface area (Å²) in [6, 6.07) is 11.0. The Kier molecular flexibility index (Phi) is 4.57. The first-order valence-corrected chi connectivity index (χ1v) is 8.62. The molecular formula is C18H16FNO3S. The predicted octanol–water partition coefficient (Wildman–Crippen LogP) is 3.86. The van der Waals surface area contributed by atoms with Crippen LogP contribution in [0.15, 0.2) is 42.5 Å². The second-order valence-electron chi connectivity index (χ2n) is 5.45. The molecule has 24 heavy (non-hydrogen) atoms. The number of aromatic carboxylic acids is 1. The van der Waals surface area contributed by atoms with Gasteiger partial charge in [0.25, 0.3) is 0 Å². The van der Waals surface area contributed by atoms with Crippen LogP contribution < -0.4 is 4.90 Å². The molecule has 3 rings (SSSR count). The lowest BCUT2D eigenvalue weighted by Crippen LogP contribution is -2.30. The number of benzene rings is 2. The normalized spacial score (nSPS) is 17.3. The summed E-state index contributed by atoms with van der Waals surface area (Å²) < 4.78 is 13.2. The summed E-state index contributed by atoms with van der Waals surface area (Å²) in [4.78, 5) is 25.7. The van der Waals surface area contributed by atoms with Crippen molar-refractivity contribution in [2.24, 2.45) is 0 Å². The van der Waals surface area contributed by atoms with E-state index in [1.165, 1.54) is 30.0 Å². The first-order chi connectivity index (χ1) is 11.5. The minimum atomic E-state index is -1.07. The van der Waals surface area contributed by atoms with Crippen LogP contribution in [0.2, 0.25) is 0 Å². The molecule has 0 aromatic heterocycles. The van der Waals surface area contributed by atoms with Crippen LogP contribution in [0.3, 0.4) is 0 Å². The highest BCUT2D eigenvalue weighted by molar-refractivity contribution is 8.00. The van der Waals surface area contributed by atoms with E-state index in [1.54, 1.807) is 23.1 Å². The molecule has 1 heterocycles. The number of nitrogens with zero attached hydrogens (tertiary/aromatic N) is 1. The van der Waals surface area contributed by atoms with Crippen molar-refractivity contribution < 1.29 is 19.1 Å². The van der Waals surface area contributed by atoms with Crippen molar-refractivity contribution in [1.29, 1.82) is 0 Å². The summed E-state index contributed by atoms with van der Waals surface area (Å²) in [7, 11) is 0. The molecule has 1 aliphatic rings. The molecule has 124 valence electrons. The number of carbonyl (C=O) groups excluding carboxylic acids is 1. The molecule has 4 nitrogen and oxygen atoms in total. The van der Waals surface area contributed by atoms with E-state index in [0.29, 0.717) is 12.1 Å². The van der Waals surface area contributed by atoms with E-state index in [4.69, 9.17) is 0 Å². The standard InChI is InChI=1S/C18H16FNO3S/c1-2-11-4-3-5-14(18(22)23)16(11)20-15(21)10-24-17(20)12-6-8-13(19)9-7-12/h3-9,17H,2,10H2,1H3,(H,22,23). The highest BCUT2D eigenvalue weighted by Gasteiger charge is 2.37. The van der Waals surface area contributed by atoms with E-state index in [1.807, 2.05) is 13.0 Å². The van der Waals surface area contributed by atoms with Crippen molar-refractivity contribution in [2.75, 3.05) is 10.7 Å². The van der Waals surface area contributed by atoms with Gasteiger partial charge in [-0.2, -0.15) is 0 Å². The molecule has 2 aromatic rings. The topological polar surface area (TPSA) is 57.6 Å². The Bertz CT molecular complexity index is 791. The number of aryl methyl sites for hydroxylation is 1. The molecule has 0 bridgehead atoms. The number of carboxylic acid groups (broad SMARTS) is 1. The first kappa shape index (κ1) is 16.5. The zero-order valence-electron chi connectivity index (χ0n) is 13.0. The third-order valence-corrected chi connectivity index (χ3v) is 5.21. The molecule has 2 aromatic carbocycles. The molecule has 1 fully saturated rings. The number of carbonyl (C=O) groups is 2. The molecule has 1 amide bonds. The third-order valence-electron chi connectivity index (χ3n) is 3.99. The van der Waals surface area contributed by atoms with E-state index < -0.39 is 5.97 Å². The SMILES string of the molecule is CCc1cccc(C(=O)O)c1N1C(=O)CSC1c1ccc(F)cc1. The molecule has 1 N–H and O–H groups in total. The van der Waals surface area contributed by atoms with Crippen LogP contribution in [-0.4, -0.2) is 22.7 Å². The van der Waals surface area contributed by atoms with Gasteiger partial charge in [0.05, 0.1) is 17.0 Å². The van der Waals surface area contributed by atoms with Gasteiger partial charge < -0.3 is 5.11 Å². The Hall–Kier alpha value is -2.34. The van der Waals surface area contributed by atoms with Crippen molar-refractivity contribution in [2.45, 2.75) is 18.7 Å². The number of hydrogen-bond acceptors (Lipinski definition) is 3. The number of thioether (sulfide) groups is 1. The van der Waals surface area contributed by atoms with Gasteiger partial charge in [-0.1, -0.05) is 31.2 Å². The summed E-state index contributed by atoms with van der Waals surface area (Å²) in [5.74, 6) is -1.29. The second kappa shape index (κ2) is 6.65.